The second-order valence-corrected chi connectivity index (χ2v) is 6.89. The molecule has 0 amide bonds. The van der Waals surface area contributed by atoms with Crippen LogP contribution in [0.1, 0.15) is 40.8 Å². The first kappa shape index (κ1) is 14.4. The van der Waals surface area contributed by atoms with Crippen molar-refractivity contribution in [2.24, 2.45) is 5.92 Å². The molecule has 4 nitrogen and oxygen atoms in total. The average molecular weight is 327 g/mol. The molecule has 1 aromatic heterocycles. The Bertz CT molecular complexity index is 1010. The quantitative estimate of drug-likeness (QED) is 0.742. The van der Waals surface area contributed by atoms with Gasteiger partial charge in [0.25, 0.3) is 0 Å². The van der Waals surface area contributed by atoms with E-state index in [0.29, 0.717) is 5.56 Å². The van der Waals surface area contributed by atoms with E-state index in [1.807, 2.05) is 36.8 Å². The van der Waals surface area contributed by atoms with Gasteiger partial charge in [-0.25, -0.2) is 4.98 Å². The summed E-state index contributed by atoms with van der Waals surface area (Å²) in [6.07, 6.45) is 5.02. The maximum Gasteiger partial charge on any atom is 0.0991 e. The predicted molar refractivity (Wildman–Crippen MR) is 93.7 cm³/mol. The van der Waals surface area contributed by atoms with Crippen molar-refractivity contribution in [3.8, 4) is 17.3 Å². The first-order valence-electron chi connectivity index (χ1n) is 8.60. The lowest BCUT2D eigenvalue weighted by Crippen LogP contribution is -2.28. The molecule has 0 fully saturated rings. The predicted octanol–water partition coefficient (Wildman–Crippen LogP) is 3.62. The number of fused-ring (bicyclic) bond motifs is 4. The van der Waals surface area contributed by atoms with Crippen LogP contribution in [0.2, 0.25) is 0 Å². The number of nitriles is 1. The van der Waals surface area contributed by atoms with Crippen LogP contribution in [0, 0.1) is 17.2 Å². The number of aromatic nitrogens is 2. The van der Waals surface area contributed by atoms with Gasteiger partial charge < -0.3 is 9.67 Å². The number of imidazole rings is 1. The van der Waals surface area contributed by atoms with Crippen molar-refractivity contribution in [2.75, 3.05) is 0 Å². The Balaban J connectivity index is 1.62. The van der Waals surface area contributed by atoms with E-state index >= 15 is 0 Å². The van der Waals surface area contributed by atoms with E-state index in [9.17, 15) is 10.4 Å². The maximum absolute atomic E-state index is 11.1. The molecule has 0 spiro atoms. The zero-order valence-corrected chi connectivity index (χ0v) is 13.6. The first-order chi connectivity index (χ1) is 12.3. The van der Waals surface area contributed by atoms with Gasteiger partial charge >= 0.3 is 0 Å². The van der Waals surface area contributed by atoms with Gasteiger partial charge in [-0.3, -0.25) is 0 Å². The Morgan fingerprint density at radius 3 is 2.92 bits per heavy atom. The fourth-order valence-electron chi connectivity index (χ4n) is 4.52. The third-order valence-corrected chi connectivity index (χ3v) is 5.67. The molecular weight excluding hydrogens is 310 g/mol. The number of benzene rings is 2. The summed E-state index contributed by atoms with van der Waals surface area (Å²) in [7, 11) is 0. The van der Waals surface area contributed by atoms with Gasteiger partial charge in [0.1, 0.15) is 0 Å². The molecule has 4 heteroatoms. The molecule has 122 valence electrons. The molecule has 2 aliphatic rings. The van der Waals surface area contributed by atoms with Gasteiger partial charge in [0.2, 0.25) is 0 Å². The third kappa shape index (κ3) is 2.00. The SMILES string of the molecule is N#Cc1ccc2c(c1)[C@@H](O)[C@@H]([C@@H]1c3ccccc3-c3cncn31)CC2. The molecule has 0 unspecified atom stereocenters. The van der Waals surface area contributed by atoms with Gasteiger partial charge in [0.15, 0.2) is 0 Å². The first-order valence-corrected chi connectivity index (χ1v) is 8.60. The van der Waals surface area contributed by atoms with Crippen molar-refractivity contribution in [3.05, 3.63) is 77.2 Å². The minimum atomic E-state index is -0.580. The molecule has 0 saturated heterocycles. The molecule has 1 aliphatic carbocycles. The molecule has 25 heavy (non-hydrogen) atoms. The molecule has 1 aliphatic heterocycles. The minimum absolute atomic E-state index is 0.0676. The fourth-order valence-corrected chi connectivity index (χ4v) is 4.52. The number of rotatable bonds is 1. The van der Waals surface area contributed by atoms with Crippen LogP contribution in [0.3, 0.4) is 0 Å². The van der Waals surface area contributed by atoms with E-state index in [1.165, 1.54) is 11.1 Å². The molecule has 2 heterocycles. The van der Waals surface area contributed by atoms with Crippen LogP contribution in [-0.2, 0) is 6.42 Å². The van der Waals surface area contributed by atoms with E-state index in [0.717, 1.165) is 29.7 Å². The van der Waals surface area contributed by atoms with Gasteiger partial charge in [0.05, 0.1) is 42.0 Å². The molecule has 2 aromatic carbocycles. The van der Waals surface area contributed by atoms with Crippen LogP contribution >= 0.6 is 0 Å². The van der Waals surface area contributed by atoms with Crippen LogP contribution < -0.4 is 0 Å². The highest BCUT2D eigenvalue weighted by atomic mass is 16.3. The molecule has 0 saturated carbocycles. The summed E-state index contributed by atoms with van der Waals surface area (Å²) in [5.74, 6) is 0.0676. The second-order valence-electron chi connectivity index (χ2n) is 6.89. The molecule has 3 atom stereocenters. The van der Waals surface area contributed by atoms with Crippen LogP contribution in [0.5, 0.6) is 0 Å². The van der Waals surface area contributed by atoms with Crippen molar-refractivity contribution in [1.82, 2.24) is 9.55 Å². The van der Waals surface area contributed by atoms with Crippen LogP contribution in [0.15, 0.2) is 55.0 Å². The fraction of sp³-hybridized carbons (Fsp3) is 0.238. The topological polar surface area (TPSA) is 61.8 Å². The van der Waals surface area contributed by atoms with Gasteiger partial charge in [-0.15, -0.1) is 0 Å². The molecule has 0 bridgehead atoms. The summed E-state index contributed by atoms with van der Waals surface area (Å²) in [4.78, 5) is 4.32. The lowest BCUT2D eigenvalue weighted by molar-refractivity contribution is 0.0720. The zero-order valence-electron chi connectivity index (χ0n) is 13.6. The number of aliphatic hydroxyl groups is 1. The highest BCUT2D eigenvalue weighted by Crippen LogP contribution is 2.49. The molecule has 1 N–H and O–H groups in total. The van der Waals surface area contributed by atoms with E-state index in [-0.39, 0.29) is 12.0 Å². The Kier molecular flexibility index (Phi) is 3.06. The van der Waals surface area contributed by atoms with Gasteiger partial charge in [-0.2, -0.15) is 5.26 Å². The van der Waals surface area contributed by atoms with Gasteiger partial charge in [-0.05, 0) is 41.7 Å². The summed E-state index contributed by atoms with van der Waals surface area (Å²) >= 11 is 0. The van der Waals surface area contributed by atoms with Gasteiger partial charge in [-0.1, -0.05) is 30.3 Å². The monoisotopic (exact) mass is 327 g/mol. The number of nitrogens with zero attached hydrogens (tertiary/aromatic N) is 3. The van der Waals surface area contributed by atoms with Crippen molar-refractivity contribution < 1.29 is 5.11 Å². The summed E-state index contributed by atoms with van der Waals surface area (Å²) in [5, 5.41) is 20.3. The van der Waals surface area contributed by atoms with Crippen LogP contribution in [0.25, 0.3) is 11.3 Å². The molecule has 3 aromatic rings. The van der Waals surface area contributed by atoms with Crippen molar-refractivity contribution in [1.29, 1.82) is 5.26 Å². The van der Waals surface area contributed by atoms with E-state index < -0.39 is 6.10 Å². The average Bonchev–Trinajstić information content (AvgIpc) is 3.23. The van der Waals surface area contributed by atoms with Crippen molar-refractivity contribution in [3.63, 3.8) is 0 Å². The summed E-state index contributed by atoms with van der Waals surface area (Å²) < 4.78 is 2.19. The Morgan fingerprint density at radius 1 is 1.16 bits per heavy atom. The molecule has 5 rings (SSSR count). The minimum Gasteiger partial charge on any atom is -0.388 e. The van der Waals surface area contributed by atoms with Crippen LogP contribution in [-0.4, -0.2) is 14.7 Å². The summed E-state index contributed by atoms with van der Waals surface area (Å²) in [6, 6.07) is 16.3. The highest BCUT2D eigenvalue weighted by Gasteiger charge is 2.40. The van der Waals surface area contributed by atoms with Crippen molar-refractivity contribution in [2.45, 2.75) is 25.0 Å². The standard InChI is InChI=1S/C21H17N3O/c22-10-13-5-6-14-7-8-17(21(25)18(14)9-13)20-16-4-2-1-3-15(16)19-11-23-12-24(19)20/h1-6,9,11-12,17,20-21,25H,7-8H2/t17-,20+,21+/m1/s1. The largest absolute Gasteiger partial charge is 0.388 e. The zero-order chi connectivity index (χ0) is 17.0. The summed E-state index contributed by atoms with van der Waals surface area (Å²) in [6.45, 7) is 0. The number of aryl methyl sites for hydroxylation is 1. The number of hydrogen-bond acceptors (Lipinski definition) is 3. The Morgan fingerprint density at radius 2 is 2.04 bits per heavy atom. The van der Waals surface area contributed by atoms with E-state index in [2.05, 4.69) is 33.8 Å². The van der Waals surface area contributed by atoms with E-state index in [4.69, 9.17) is 0 Å². The smallest absolute Gasteiger partial charge is 0.0991 e. The van der Waals surface area contributed by atoms with Crippen molar-refractivity contribution >= 4 is 0 Å². The lowest BCUT2D eigenvalue weighted by Gasteiger charge is -2.35. The normalized spacial score (nSPS) is 23.4. The molecular formula is C21H17N3O. The molecule has 0 radical (unpaired) electrons. The third-order valence-electron chi connectivity index (χ3n) is 5.67. The number of aliphatic hydroxyl groups excluding tert-OH is 1. The number of hydrogen-bond donors (Lipinski definition) is 1. The summed E-state index contributed by atoms with van der Waals surface area (Å²) in [5.41, 5.74) is 6.23. The Labute approximate surface area is 146 Å². The highest BCUT2D eigenvalue weighted by molar-refractivity contribution is 5.69. The maximum atomic E-state index is 11.1. The lowest BCUT2D eigenvalue weighted by atomic mass is 9.75. The van der Waals surface area contributed by atoms with Gasteiger partial charge in [0, 0.05) is 11.5 Å². The van der Waals surface area contributed by atoms with E-state index in [1.54, 1.807) is 0 Å². The van der Waals surface area contributed by atoms with Crippen LogP contribution in [0.4, 0.5) is 0 Å². The Hall–Kier alpha value is -2.90. The second kappa shape index (κ2) is 5.30.